The minimum Gasteiger partial charge on any atom is -0.370 e. The van der Waals surface area contributed by atoms with Crippen molar-refractivity contribution in [2.45, 2.75) is 12.8 Å². The van der Waals surface area contributed by atoms with Gasteiger partial charge in [-0.15, -0.1) is 0 Å². The van der Waals surface area contributed by atoms with Gasteiger partial charge in [-0.25, -0.2) is 0 Å². The SMILES string of the molecule is O=C1CCCN1c1ccc(N2CCOCC2=O)cc1. The summed E-state index contributed by atoms with van der Waals surface area (Å²) in [5.41, 5.74) is 1.77. The van der Waals surface area contributed by atoms with E-state index in [4.69, 9.17) is 4.74 Å². The van der Waals surface area contributed by atoms with Gasteiger partial charge in [0.2, 0.25) is 5.91 Å². The van der Waals surface area contributed by atoms with E-state index in [0.717, 1.165) is 24.3 Å². The quantitative estimate of drug-likeness (QED) is 0.802. The molecule has 2 heterocycles. The fraction of sp³-hybridized carbons (Fsp3) is 0.429. The molecule has 0 saturated carbocycles. The van der Waals surface area contributed by atoms with Crippen LogP contribution in [0.15, 0.2) is 24.3 Å². The number of anilines is 2. The highest BCUT2D eigenvalue weighted by atomic mass is 16.5. The van der Waals surface area contributed by atoms with Crippen molar-refractivity contribution in [1.82, 2.24) is 0 Å². The zero-order chi connectivity index (χ0) is 13.2. The summed E-state index contributed by atoms with van der Waals surface area (Å²) in [5, 5.41) is 0. The number of morpholine rings is 1. The fourth-order valence-electron chi connectivity index (χ4n) is 2.52. The van der Waals surface area contributed by atoms with Crippen LogP contribution >= 0.6 is 0 Å². The number of carbonyl (C=O) groups excluding carboxylic acids is 2. The molecule has 0 aliphatic carbocycles. The summed E-state index contributed by atoms with van der Waals surface area (Å²) in [5.74, 6) is 0.159. The topological polar surface area (TPSA) is 49.9 Å². The molecular weight excluding hydrogens is 244 g/mol. The molecule has 3 rings (SSSR count). The van der Waals surface area contributed by atoms with Gasteiger partial charge in [0.05, 0.1) is 6.61 Å². The Morgan fingerprint density at radius 2 is 1.53 bits per heavy atom. The zero-order valence-corrected chi connectivity index (χ0v) is 10.7. The third kappa shape index (κ3) is 2.33. The minimum atomic E-state index is -0.0174. The molecule has 2 saturated heterocycles. The van der Waals surface area contributed by atoms with Crippen molar-refractivity contribution in [3.63, 3.8) is 0 Å². The van der Waals surface area contributed by atoms with Crippen molar-refractivity contribution < 1.29 is 14.3 Å². The van der Waals surface area contributed by atoms with Gasteiger partial charge >= 0.3 is 0 Å². The van der Waals surface area contributed by atoms with E-state index >= 15 is 0 Å². The highest BCUT2D eigenvalue weighted by molar-refractivity contribution is 5.97. The first-order valence-corrected chi connectivity index (χ1v) is 6.54. The van der Waals surface area contributed by atoms with Gasteiger partial charge in [0.25, 0.3) is 5.91 Å². The van der Waals surface area contributed by atoms with Gasteiger partial charge in [-0.3, -0.25) is 9.59 Å². The fourth-order valence-corrected chi connectivity index (χ4v) is 2.52. The molecule has 0 radical (unpaired) electrons. The number of rotatable bonds is 2. The maximum absolute atomic E-state index is 11.7. The van der Waals surface area contributed by atoms with Crippen LogP contribution in [0.3, 0.4) is 0 Å². The third-order valence-corrected chi connectivity index (χ3v) is 3.53. The van der Waals surface area contributed by atoms with Crippen LogP contribution in [0, 0.1) is 0 Å². The average molecular weight is 260 g/mol. The van der Waals surface area contributed by atoms with Crippen LogP contribution in [-0.2, 0) is 14.3 Å². The van der Waals surface area contributed by atoms with Crippen molar-refractivity contribution in [3.05, 3.63) is 24.3 Å². The van der Waals surface area contributed by atoms with Gasteiger partial charge in [-0.1, -0.05) is 0 Å². The Bertz CT molecular complexity index is 498. The molecule has 1 aromatic rings. The molecule has 2 amide bonds. The normalized spacial score (nSPS) is 20.2. The van der Waals surface area contributed by atoms with Crippen LogP contribution in [0.1, 0.15) is 12.8 Å². The molecule has 0 spiro atoms. The van der Waals surface area contributed by atoms with Crippen LogP contribution in [0.2, 0.25) is 0 Å². The molecule has 2 fully saturated rings. The van der Waals surface area contributed by atoms with E-state index in [-0.39, 0.29) is 18.4 Å². The highest BCUT2D eigenvalue weighted by Crippen LogP contribution is 2.25. The van der Waals surface area contributed by atoms with E-state index < -0.39 is 0 Å². The molecule has 0 unspecified atom stereocenters. The number of hydrogen-bond donors (Lipinski definition) is 0. The molecule has 5 heteroatoms. The molecule has 100 valence electrons. The zero-order valence-electron chi connectivity index (χ0n) is 10.7. The second-order valence-electron chi connectivity index (χ2n) is 4.76. The summed E-state index contributed by atoms with van der Waals surface area (Å²) < 4.78 is 5.11. The van der Waals surface area contributed by atoms with Crippen molar-refractivity contribution in [2.75, 3.05) is 36.1 Å². The van der Waals surface area contributed by atoms with E-state index in [1.165, 1.54) is 0 Å². The molecular formula is C14H16N2O3. The van der Waals surface area contributed by atoms with Gasteiger partial charge in [-0.05, 0) is 30.7 Å². The van der Waals surface area contributed by atoms with Gasteiger partial charge < -0.3 is 14.5 Å². The molecule has 0 atom stereocenters. The molecule has 1 aromatic carbocycles. The van der Waals surface area contributed by atoms with Crippen LogP contribution in [0.5, 0.6) is 0 Å². The summed E-state index contributed by atoms with van der Waals surface area (Å²) in [7, 11) is 0. The largest absolute Gasteiger partial charge is 0.370 e. The molecule has 19 heavy (non-hydrogen) atoms. The monoisotopic (exact) mass is 260 g/mol. The Balaban J connectivity index is 1.78. The summed E-state index contributed by atoms with van der Waals surface area (Å²) in [6.45, 7) is 2.08. The number of amides is 2. The first-order chi connectivity index (χ1) is 9.25. The Morgan fingerprint density at radius 3 is 2.05 bits per heavy atom. The minimum absolute atomic E-state index is 0.0174. The van der Waals surface area contributed by atoms with Gasteiger partial charge in [0.15, 0.2) is 0 Å². The van der Waals surface area contributed by atoms with Gasteiger partial charge in [0.1, 0.15) is 6.61 Å². The van der Waals surface area contributed by atoms with E-state index in [1.807, 2.05) is 24.3 Å². The van der Waals surface area contributed by atoms with Crippen LogP contribution < -0.4 is 9.80 Å². The number of ether oxygens (including phenoxy) is 1. The molecule has 0 bridgehead atoms. The lowest BCUT2D eigenvalue weighted by Crippen LogP contribution is -2.41. The van der Waals surface area contributed by atoms with Crippen LogP contribution in [-0.4, -0.2) is 38.1 Å². The smallest absolute Gasteiger partial charge is 0.253 e. The number of hydrogen-bond acceptors (Lipinski definition) is 3. The summed E-state index contributed by atoms with van der Waals surface area (Å²) in [6, 6.07) is 7.59. The number of benzene rings is 1. The maximum atomic E-state index is 11.7. The molecule has 0 N–H and O–H groups in total. The van der Waals surface area contributed by atoms with E-state index in [9.17, 15) is 9.59 Å². The standard InChI is InChI=1S/C14H16N2O3/c17-13-2-1-7-15(13)11-3-5-12(6-4-11)16-8-9-19-10-14(16)18/h3-6H,1-2,7-10H2. The lowest BCUT2D eigenvalue weighted by atomic mass is 10.2. The summed E-state index contributed by atoms with van der Waals surface area (Å²) >= 11 is 0. The molecule has 0 aromatic heterocycles. The second-order valence-corrected chi connectivity index (χ2v) is 4.76. The van der Waals surface area contributed by atoms with Gasteiger partial charge in [-0.2, -0.15) is 0 Å². The van der Waals surface area contributed by atoms with Gasteiger partial charge in [0, 0.05) is 30.9 Å². The summed E-state index contributed by atoms with van der Waals surface area (Å²) in [4.78, 5) is 26.9. The number of nitrogens with zero attached hydrogens (tertiary/aromatic N) is 2. The Hall–Kier alpha value is -1.88. The predicted octanol–water partition coefficient (Wildman–Crippen LogP) is 1.18. The summed E-state index contributed by atoms with van der Waals surface area (Å²) in [6.07, 6.45) is 1.55. The van der Waals surface area contributed by atoms with Crippen LogP contribution in [0.4, 0.5) is 11.4 Å². The van der Waals surface area contributed by atoms with E-state index in [1.54, 1.807) is 9.80 Å². The van der Waals surface area contributed by atoms with Crippen molar-refractivity contribution in [1.29, 1.82) is 0 Å². The predicted molar refractivity (Wildman–Crippen MR) is 71.2 cm³/mol. The molecule has 2 aliphatic rings. The lowest BCUT2D eigenvalue weighted by molar-refractivity contribution is -0.125. The van der Waals surface area contributed by atoms with Crippen molar-refractivity contribution in [2.24, 2.45) is 0 Å². The second kappa shape index (κ2) is 5.01. The maximum Gasteiger partial charge on any atom is 0.253 e. The lowest BCUT2D eigenvalue weighted by Gasteiger charge is -2.27. The third-order valence-electron chi connectivity index (χ3n) is 3.53. The first kappa shape index (κ1) is 12.2. The molecule has 5 nitrogen and oxygen atoms in total. The Kier molecular flexibility index (Phi) is 3.21. The Labute approximate surface area is 111 Å². The van der Waals surface area contributed by atoms with Crippen LogP contribution in [0.25, 0.3) is 0 Å². The average Bonchev–Trinajstić information content (AvgIpc) is 2.86. The van der Waals surface area contributed by atoms with Crippen molar-refractivity contribution in [3.8, 4) is 0 Å². The first-order valence-electron chi connectivity index (χ1n) is 6.54. The Morgan fingerprint density at radius 1 is 0.895 bits per heavy atom. The highest BCUT2D eigenvalue weighted by Gasteiger charge is 2.23. The van der Waals surface area contributed by atoms with E-state index in [0.29, 0.717) is 19.6 Å². The number of carbonyl (C=O) groups is 2. The van der Waals surface area contributed by atoms with E-state index in [2.05, 4.69) is 0 Å². The van der Waals surface area contributed by atoms with Crippen molar-refractivity contribution >= 4 is 23.2 Å². The molecule has 2 aliphatic heterocycles.